The van der Waals surface area contributed by atoms with Crippen LogP contribution in [0, 0.1) is 12.3 Å². The van der Waals surface area contributed by atoms with Gasteiger partial charge in [0.1, 0.15) is 10.8 Å². The van der Waals surface area contributed by atoms with Crippen LogP contribution in [0.4, 0.5) is 13.2 Å². The molecule has 2 N–H and O–H groups in total. The predicted molar refractivity (Wildman–Crippen MR) is 102 cm³/mol. The summed E-state index contributed by atoms with van der Waals surface area (Å²) in [6, 6.07) is 4.92. The number of hydrogen-bond acceptors (Lipinski definition) is 5. The summed E-state index contributed by atoms with van der Waals surface area (Å²) in [4.78, 5) is 5.09. The van der Waals surface area contributed by atoms with E-state index in [-0.39, 0.29) is 11.3 Å². The molecule has 0 fully saturated rings. The topological polar surface area (TPSA) is 62.6 Å². The van der Waals surface area contributed by atoms with Gasteiger partial charge in [-0.15, -0.1) is 11.3 Å². The zero-order valence-corrected chi connectivity index (χ0v) is 17.0. The molecule has 1 atom stereocenters. The molecule has 0 aliphatic carbocycles. The quantitative estimate of drug-likeness (QED) is 0.677. The maximum Gasteiger partial charge on any atom is 0.416 e. The summed E-state index contributed by atoms with van der Waals surface area (Å²) in [6.45, 7) is 8.87. The molecule has 2 heterocycles. The Morgan fingerprint density at radius 2 is 1.82 bits per heavy atom. The molecule has 0 saturated carbocycles. The van der Waals surface area contributed by atoms with Crippen molar-refractivity contribution in [3.05, 3.63) is 46.2 Å². The molecule has 0 saturated heterocycles. The molecule has 0 spiro atoms. The molecule has 1 aromatic carbocycles. The Kier molecular flexibility index (Phi) is 4.89. The van der Waals surface area contributed by atoms with E-state index in [4.69, 9.17) is 4.74 Å². The number of hydrogen-bond donors (Lipinski definition) is 2. The van der Waals surface area contributed by atoms with Gasteiger partial charge >= 0.3 is 6.18 Å². The second-order valence-corrected chi connectivity index (χ2v) is 9.07. The molecule has 0 radical (unpaired) electrons. The average molecular weight is 413 g/mol. The monoisotopic (exact) mass is 413 g/mol. The lowest BCUT2D eigenvalue weighted by molar-refractivity contribution is -0.195. The fourth-order valence-electron chi connectivity index (χ4n) is 3.05. The summed E-state index contributed by atoms with van der Waals surface area (Å²) in [5.41, 5.74) is -1.59. The van der Waals surface area contributed by atoms with Crippen LogP contribution in [0.1, 0.15) is 43.8 Å². The second-order valence-electron chi connectivity index (χ2n) is 7.87. The van der Waals surface area contributed by atoms with Crippen molar-refractivity contribution in [1.29, 1.82) is 0 Å². The summed E-state index contributed by atoms with van der Waals surface area (Å²) in [6.07, 6.45) is -5.84. The van der Waals surface area contributed by atoms with E-state index in [1.807, 2.05) is 0 Å². The first-order chi connectivity index (χ1) is 12.8. The molecule has 1 aliphatic heterocycles. The zero-order chi connectivity index (χ0) is 21.1. The predicted octanol–water partition coefficient (Wildman–Crippen LogP) is 5.56. The van der Waals surface area contributed by atoms with E-state index >= 15 is 0 Å². The third kappa shape index (κ3) is 3.33. The Bertz CT molecular complexity index is 944. The van der Waals surface area contributed by atoms with Gasteiger partial charge in [-0.2, -0.15) is 13.2 Å². The van der Waals surface area contributed by atoms with Gasteiger partial charge in [0.2, 0.25) is 0 Å². The van der Waals surface area contributed by atoms with Gasteiger partial charge in [-0.25, -0.2) is 4.98 Å². The van der Waals surface area contributed by atoms with E-state index in [2.05, 4.69) is 4.98 Å². The third-order valence-corrected chi connectivity index (χ3v) is 6.51. The molecular formula is C20H22F3NO3S. The number of aromatic nitrogens is 1. The van der Waals surface area contributed by atoms with Crippen LogP contribution in [0.5, 0.6) is 0 Å². The smallest absolute Gasteiger partial charge is 0.416 e. The fourth-order valence-corrected chi connectivity index (χ4v) is 3.98. The maximum atomic E-state index is 13.0. The van der Waals surface area contributed by atoms with Crippen molar-refractivity contribution in [3.63, 3.8) is 0 Å². The Hall–Kier alpha value is -1.90. The maximum absolute atomic E-state index is 13.0. The Morgan fingerprint density at radius 1 is 1.18 bits per heavy atom. The van der Waals surface area contributed by atoms with Gasteiger partial charge in [-0.3, -0.25) is 0 Å². The van der Waals surface area contributed by atoms with Crippen LogP contribution in [0.2, 0.25) is 0 Å². The lowest BCUT2D eigenvalue weighted by Crippen LogP contribution is -2.50. The number of nitrogens with zero attached hydrogens (tertiary/aromatic N) is 1. The summed E-state index contributed by atoms with van der Waals surface area (Å²) >= 11 is 1.19. The van der Waals surface area contributed by atoms with Crippen LogP contribution in [0.3, 0.4) is 0 Å². The van der Waals surface area contributed by atoms with Crippen molar-refractivity contribution in [1.82, 2.24) is 4.98 Å². The highest BCUT2D eigenvalue weighted by atomic mass is 32.1. The first-order valence-corrected chi connectivity index (χ1v) is 9.52. The van der Waals surface area contributed by atoms with Gasteiger partial charge in [-0.1, -0.05) is 12.1 Å². The number of aliphatic hydroxyl groups is 2. The zero-order valence-electron chi connectivity index (χ0n) is 16.2. The SMILES string of the molecule is Cc1sc(-c2cccc(C(F)(F)F)c2)nc1C1=C(O)C(C)(C)C(C)(C)OC1O. The third-order valence-electron chi connectivity index (χ3n) is 5.49. The van der Waals surface area contributed by atoms with Gasteiger partial charge in [0.05, 0.1) is 27.8 Å². The first-order valence-electron chi connectivity index (χ1n) is 8.70. The lowest BCUT2D eigenvalue weighted by atomic mass is 9.72. The molecule has 1 aromatic heterocycles. The van der Waals surface area contributed by atoms with E-state index in [0.29, 0.717) is 21.1 Å². The van der Waals surface area contributed by atoms with E-state index in [0.717, 1.165) is 12.1 Å². The van der Waals surface area contributed by atoms with Crippen molar-refractivity contribution in [2.24, 2.45) is 5.41 Å². The highest BCUT2D eigenvalue weighted by molar-refractivity contribution is 7.15. The highest BCUT2D eigenvalue weighted by Crippen LogP contribution is 2.49. The van der Waals surface area contributed by atoms with Gasteiger partial charge < -0.3 is 14.9 Å². The van der Waals surface area contributed by atoms with Crippen LogP contribution in [0.25, 0.3) is 16.1 Å². The van der Waals surface area contributed by atoms with E-state index in [9.17, 15) is 23.4 Å². The Balaban J connectivity index is 2.11. The minimum atomic E-state index is -4.45. The van der Waals surface area contributed by atoms with Crippen LogP contribution >= 0.6 is 11.3 Å². The summed E-state index contributed by atoms with van der Waals surface area (Å²) in [5, 5.41) is 21.7. The number of aliphatic hydroxyl groups excluding tert-OH is 2. The van der Waals surface area contributed by atoms with E-state index in [1.54, 1.807) is 40.7 Å². The van der Waals surface area contributed by atoms with Crippen LogP contribution in [-0.2, 0) is 10.9 Å². The largest absolute Gasteiger partial charge is 0.511 e. The van der Waals surface area contributed by atoms with E-state index < -0.39 is 29.0 Å². The number of benzene rings is 1. The molecular weight excluding hydrogens is 391 g/mol. The standard InChI is InChI=1S/C20H22F3NO3S/c1-10-14(13-15(25)18(2,3)19(4,5)27-17(13)26)24-16(28-10)11-7-6-8-12(9-11)20(21,22)23/h6-9,17,25-26H,1-5H3. The van der Waals surface area contributed by atoms with E-state index in [1.165, 1.54) is 17.4 Å². The van der Waals surface area contributed by atoms with Crippen molar-refractivity contribution < 1.29 is 28.1 Å². The molecule has 3 rings (SSSR count). The number of ether oxygens (including phenoxy) is 1. The van der Waals surface area contributed by atoms with Crippen LogP contribution < -0.4 is 0 Å². The molecule has 1 aliphatic rings. The van der Waals surface area contributed by atoms with Crippen LogP contribution in [-0.4, -0.2) is 27.1 Å². The van der Waals surface area contributed by atoms with Crippen molar-refractivity contribution in [2.75, 3.05) is 0 Å². The molecule has 8 heteroatoms. The fraction of sp³-hybridized carbons (Fsp3) is 0.450. The lowest BCUT2D eigenvalue weighted by Gasteiger charge is -2.46. The minimum Gasteiger partial charge on any atom is -0.511 e. The highest BCUT2D eigenvalue weighted by Gasteiger charge is 2.50. The summed E-state index contributed by atoms with van der Waals surface area (Å²) in [7, 11) is 0. The number of thiazole rings is 1. The summed E-state index contributed by atoms with van der Waals surface area (Å²) < 4.78 is 44.8. The van der Waals surface area contributed by atoms with Crippen LogP contribution in [0.15, 0.2) is 30.0 Å². The number of rotatable bonds is 2. The molecule has 0 bridgehead atoms. The molecule has 28 heavy (non-hydrogen) atoms. The molecule has 4 nitrogen and oxygen atoms in total. The second kappa shape index (κ2) is 6.57. The number of aryl methyl sites for hydroxylation is 1. The van der Waals surface area contributed by atoms with Gasteiger partial charge in [0.15, 0.2) is 6.29 Å². The van der Waals surface area contributed by atoms with Crippen molar-refractivity contribution >= 4 is 16.9 Å². The number of alkyl halides is 3. The van der Waals surface area contributed by atoms with Gasteiger partial charge in [0.25, 0.3) is 0 Å². The molecule has 1 unspecified atom stereocenters. The van der Waals surface area contributed by atoms with Crippen molar-refractivity contribution in [2.45, 2.75) is 52.7 Å². The van der Waals surface area contributed by atoms with Gasteiger partial charge in [-0.05, 0) is 46.8 Å². The Labute approximate surface area is 165 Å². The number of halogens is 3. The first kappa shape index (κ1) is 20.8. The molecule has 0 amide bonds. The minimum absolute atomic E-state index is 0.0414. The van der Waals surface area contributed by atoms with Crippen molar-refractivity contribution in [3.8, 4) is 10.6 Å². The Morgan fingerprint density at radius 3 is 2.43 bits per heavy atom. The van der Waals surface area contributed by atoms with Gasteiger partial charge in [0, 0.05) is 10.4 Å². The average Bonchev–Trinajstić information content (AvgIpc) is 2.94. The summed E-state index contributed by atoms with van der Waals surface area (Å²) in [5.74, 6) is -0.0414. The molecule has 2 aromatic rings. The molecule has 152 valence electrons. The normalized spacial score (nSPS) is 21.8.